The van der Waals surface area contributed by atoms with Crippen LogP contribution < -0.4 is 4.74 Å². The van der Waals surface area contributed by atoms with Gasteiger partial charge in [0.25, 0.3) is 5.88 Å². The highest BCUT2D eigenvalue weighted by molar-refractivity contribution is 5.81. The molecule has 0 spiro atoms. The first-order valence-electron chi connectivity index (χ1n) is 5.69. The number of fused-ring (bicyclic) bond motifs is 1. The normalized spacial score (nSPS) is 11.2. The van der Waals surface area contributed by atoms with Crippen molar-refractivity contribution in [2.24, 2.45) is 0 Å². The standard InChI is InChI=1S/C13H8F3N3O/c14-8-3-5-9(6-4-8)19-10-2-1-7-17-11(10)12(18-19)20-13(15)16/h1-7,13H. The van der Waals surface area contributed by atoms with Crippen molar-refractivity contribution in [3.63, 3.8) is 0 Å². The largest absolute Gasteiger partial charge is 0.413 e. The Balaban J connectivity index is 2.18. The van der Waals surface area contributed by atoms with Crippen LogP contribution in [0.3, 0.4) is 0 Å². The summed E-state index contributed by atoms with van der Waals surface area (Å²) in [4.78, 5) is 3.98. The molecule has 0 amide bonds. The molecule has 2 aromatic heterocycles. The van der Waals surface area contributed by atoms with Crippen LogP contribution in [0.15, 0.2) is 42.6 Å². The minimum absolute atomic E-state index is 0.220. The number of nitrogens with zero attached hydrogens (tertiary/aromatic N) is 3. The molecule has 3 aromatic rings. The Kier molecular flexibility index (Phi) is 3.02. The number of hydrogen-bond acceptors (Lipinski definition) is 3. The molecule has 4 nitrogen and oxygen atoms in total. The summed E-state index contributed by atoms with van der Waals surface area (Å²) in [5.41, 5.74) is 1.24. The molecule has 0 bridgehead atoms. The third kappa shape index (κ3) is 2.18. The Labute approximate surface area is 111 Å². The maximum atomic E-state index is 12.9. The molecule has 0 N–H and O–H groups in total. The second-order valence-corrected chi connectivity index (χ2v) is 3.94. The van der Waals surface area contributed by atoms with Crippen molar-refractivity contribution in [2.45, 2.75) is 6.61 Å². The van der Waals surface area contributed by atoms with Gasteiger partial charge in [-0.15, -0.1) is 5.10 Å². The summed E-state index contributed by atoms with van der Waals surface area (Å²) in [7, 11) is 0. The first-order valence-corrected chi connectivity index (χ1v) is 5.69. The molecule has 0 saturated carbocycles. The number of alkyl halides is 2. The van der Waals surface area contributed by atoms with Crippen LogP contribution in [0.1, 0.15) is 0 Å². The molecule has 102 valence electrons. The predicted molar refractivity (Wildman–Crippen MR) is 65.5 cm³/mol. The lowest BCUT2D eigenvalue weighted by molar-refractivity contribution is -0.0522. The molecule has 0 aliphatic carbocycles. The molecule has 0 radical (unpaired) electrons. The van der Waals surface area contributed by atoms with Crippen molar-refractivity contribution in [3.8, 4) is 11.6 Å². The van der Waals surface area contributed by atoms with E-state index in [-0.39, 0.29) is 11.4 Å². The summed E-state index contributed by atoms with van der Waals surface area (Å²) in [6, 6.07) is 8.80. The Morgan fingerprint density at radius 2 is 1.85 bits per heavy atom. The Hall–Kier alpha value is -2.57. The number of benzene rings is 1. The minimum atomic E-state index is -2.99. The van der Waals surface area contributed by atoms with Crippen LogP contribution in [0.25, 0.3) is 16.7 Å². The van der Waals surface area contributed by atoms with Gasteiger partial charge in [0.1, 0.15) is 5.82 Å². The van der Waals surface area contributed by atoms with E-state index in [1.54, 1.807) is 12.1 Å². The lowest BCUT2D eigenvalue weighted by Crippen LogP contribution is -2.03. The first-order chi connectivity index (χ1) is 9.65. The summed E-state index contributed by atoms with van der Waals surface area (Å²) < 4.78 is 43.4. The van der Waals surface area contributed by atoms with Gasteiger partial charge in [0.05, 0.1) is 11.2 Å². The predicted octanol–water partition coefficient (Wildman–Crippen LogP) is 3.16. The molecule has 0 aliphatic rings. The second-order valence-electron chi connectivity index (χ2n) is 3.94. The molecule has 1 aromatic carbocycles. The molecule has 0 aliphatic heterocycles. The topological polar surface area (TPSA) is 39.9 Å². The molecule has 0 unspecified atom stereocenters. The lowest BCUT2D eigenvalue weighted by atomic mass is 10.3. The van der Waals surface area contributed by atoms with Gasteiger partial charge in [-0.2, -0.15) is 8.78 Å². The zero-order valence-corrected chi connectivity index (χ0v) is 10.0. The van der Waals surface area contributed by atoms with Gasteiger partial charge >= 0.3 is 6.61 Å². The number of hydrogen-bond donors (Lipinski definition) is 0. The van der Waals surface area contributed by atoms with Crippen LogP contribution in [0.4, 0.5) is 13.2 Å². The fourth-order valence-corrected chi connectivity index (χ4v) is 1.87. The number of rotatable bonds is 3. The van der Waals surface area contributed by atoms with Gasteiger partial charge in [-0.05, 0) is 36.4 Å². The summed E-state index contributed by atoms with van der Waals surface area (Å²) in [6.45, 7) is -2.99. The highest BCUT2D eigenvalue weighted by Crippen LogP contribution is 2.26. The monoisotopic (exact) mass is 279 g/mol. The molecular formula is C13H8F3N3O. The lowest BCUT2D eigenvalue weighted by Gasteiger charge is -2.02. The molecule has 3 rings (SSSR count). The maximum absolute atomic E-state index is 12.9. The molecule has 0 saturated heterocycles. The number of halogens is 3. The number of ether oxygens (including phenoxy) is 1. The molecular weight excluding hydrogens is 271 g/mol. The highest BCUT2D eigenvalue weighted by Gasteiger charge is 2.17. The number of pyridine rings is 1. The Morgan fingerprint density at radius 1 is 1.10 bits per heavy atom. The van der Waals surface area contributed by atoms with Crippen LogP contribution in [0.2, 0.25) is 0 Å². The van der Waals surface area contributed by atoms with E-state index in [4.69, 9.17) is 0 Å². The first kappa shape index (κ1) is 12.5. The van der Waals surface area contributed by atoms with E-state index in [9.17, 15) is 13.2 Å². The SMILES string of the molecule is Fc1ccc(-n2nc(OC(F)F)c3ncccc32)cc1. The minimum Gasteiger partial charge on any atom is -0.413 e. The Morgan fingerprint density at radius 3 is 2.55 bits per heavy atom. The van der Waals surface area contributed by atoms with Crippen LogP contribution in [-0.4, -0.2) is 21.4 Å². The zero-order chi connectivity index (χ0) is 14.1. The average Bonchev–Trinajstić information content (AvgIpc) is 2.78. The molecule has 0 fully saturated rings. The van der Waals surface area contributed by atoms with E-state index in [0.29, 0.717) is 11.2 Å². The summed E-state index contributed by atoms with van der Waals surface area (Å²) in [6.07, 6.45) is 1.46. The van der Waals surface area contributed by atoms with Crippen molar-refractivity contribution in [1.82, 2.24) is 14.8 Å². The van der Waals surface area contributed by atoms with E-state index in [1.165, 1.54) is 35.1 Å². The fourth-order valence-electron chi connectivity index (χ4n) is 1.87. The van der Waals surface area contributed by atoms with Crippen LogP contribution in [-0.2, 0) is 0 Å². The fraction of sp³-hybridized carbons (Fsp3) is 0.0769. The van der Waals surface area contributed by atoms with Gasteiger partial charge in [-0.25, -0.2) is 14.1 Å². The van der Waals surface area contributed by atoms with E-state index >= 15 is 0 Å². The van der Waals surface area contributed by atoms with Crippen LogP contribution >= 0.6 is 0 Å². The van der Waals surface area contributed by atoms with Gasteiger partial charge in [0.15, 0.2) is 5.52 Å². The highest BCUT2D eigenvalue weighted by atomic mass is 19.3. The quantitative estimate of drug-likeness (QED) is 0.739. The average molecular weight is 279 g/mol. The van der Waals surface area contributed by atoms with E-state index in [1.807, 2.05) is 0 Å². The van der Waals surface area contributed by atoms with Crippen molar-refractivity contribution < 1.29 is 17.9 Å². The van der Waals surface area contributed by atoms with Gasteiger partial charge in [-0.3, -0.25) is 0 Å². The second kappa shape index (κ2) is 4.84. The van der Waals surface area contributed by atoms with Crippen molar-refractivity contribution in [3.05, 3.63) is 48.4 Å². The van der Waals surface area contributed by atoms with Crippen LogP contribution in [0.5, 0.6) is 5.88 Å². The summed E-state index contributed by atoms with van der Waals surface area (Å²) in [5, 5.41) is 3.96. The van der Waals surface area contributed by atoms with Crippen LogP contribution in [0, 0.1) is 5.82 Å². The summed E-state index contributed by atoms with van der Waals surface area (Å²) >= 11 is 0. The number of aromatic nitrogens is 3. The molecule has 2 heterocycles. The molecule has 7 heteroatoms. The third-order valence-corrected chi connectivity index (χ3v) is 2.68. The van der Waals surface area contributed by atoms with Crippen molar-refractivity contribution in [2.75, 3.05) is 0 Å². The summed E-state index contributed by atoms with van der Waals surface area (Å²) in [5.74, 6) is -0.660. The van der Waals surface area contributed by atoms with Gasteiger partial charge in [-0.1, -0.05) is 0 Å². The van der Waals surface area contributed by atoms with E-state index < -0.39 is 12.4 Å². The van der Waals surface area contributed by atoms with Gasteiger partial charge in [0, 0.05) is 6.20 Å². The maximum Gasteiger partial charge on any atom is 0.388 e. The van der Waals surface area contributed by atoms with Gasteiger partial charge in [0.2, 0.25) is 0 Å². The van der Waals surface area contributed by atoms with E-state index in [2.05, 4.69) is 14.8 Å². The third-order valence-electron chi connectivity index (χ3n) is 2.68. The van der Waals surface area contributed by atoms with Crippen molar-refractivity contribution in [1.29, 1.82) is 0 Å². The molecule has 0 atom stereocenters. The van der Waals surface area contributed by atoms with E-state index in [0.717, 1.165) is 0 Å². The van der Waals surface area contributed by atoms with Crippen molar-refractivity contribution >= 4 is 11.0 Å². The van der Waals surface area contributed by atoms with Gasteiger partial charge < -0.3 is 4.74 Å². The smallest absolute Gasteiger partial charge is 0.388 e. The Bertz CT molecular complexity index is 740. The molecule has 20 heavy (non-hydrogen) atoms. The zero-order valence-electron chi connectivity index (χ0n) is 10.0.